The first-order chi connectivity index (χ1) is 15.6. The Bertz CT molecular complexity index is 1160. The van der Waals surface area contributed by atoms with Gasteiger partial charge in [0, 0.05) is 11.1 Å². The maximum atomic E-state index is 13.0. The van der Waals surface area contributed by atoms with Crippen LogP contribution in [0.5, 0.6) is 11.5 Å². The summed E-state index contributed by atoms with van der Waals surface area (Å²) in [6.45, 7) is 6.39. The Balaban J connectivity index is 1.83. The summed E-state index contributed by atoms with van der Waals surface area (Å²) in [5, 5.41) is 2.45. The van der Waals surface area contributed by atoms with Crippen LogP contribution in [-0.2, 0) is 12.8 Å². The summed E-state index contributed by atoms with van der Waals surface area (Å²) >= 11 is 5.99. The number of alkyl halides is 3. The molecule has 0 heterocycles. The van der Waals surface area contributed by atoms with Crippen molar-refractivity contribution < 1.29 is 27.4 Å². The molecule has 1 N–H and O–H groups in total. The lowest BCUT2D eigenvalue weighted by molar-refractivity contribution is -0.137. The van der Waals surface area contributed by atoms with Gasteiger partial charge in [0.2, 0.25) is 0 Å². The number of nitrogens with one attached hydrogen (secondary N) is 1. The van der Waals surface area contributed by atoms with Crippen LogP contribution in [0, 0.1) is 13.8 Å². The number of carbonyl (C=O) groups excluding carboxylic acids is 1. The van der Waals surface area contributed by atoms with Crippen LogP contribution in [0.1, 0.15) is 39.5 Å². The molecule has 0 saturated carbocycles. The van der Waals surface area contributed by atoms with Gasteiger partial charge in [-0.3, -0.25) is 4.79 Å². The molecule has 0 radical (unpaired) electrons. The number of halogens is 4. The summed E-state index contributed by atoms with van der Waals surface area (Å²) in [5.74, 6) is 0.618. The van der Waals surface area contributed by atoms with Gasteiger partial charge >= 0.3 is 6.18 Å². The molecule has 3 aromatic rings. The molecule has 0 unspecified atom stereocenters. The Morgan fingerprint density at radius 2 is 1.73 bits per heavy atom. The Labute approximate surface area is 195 Å². The lowest BCUT2D eigenvalue weighted by Gasteiger charge is -2.15. The van der Waals surface area contributed by atoms with E-state index < -0.39 is 17.6 Å². The van der Waals surface area contributed by atoms with Gasteiger partial charge in [0.25, 0.3) is 5.91 Å². The minimum Gasteiger partial charge on any atom is -0.493 e. The van der Waals surface area contributed by atoms with Crippen molar-refractivity contribution in [1.29, 1.82) is 0 Å². The predicted molar refractivity (Wildman–Crippen MR) is 122 cm³/mol. The first kappa shape index (κ1) is 24.5. The van der Waals surface area contributed by atoms with Crippen molar-refractivity contribution in [2.24, 2.45) is 0 Å². The minimum atomic E-state index is -4.55. The zero-order valence-electron chi connectivity index (χ0n) is 18.3. The van der Waals surface area contributed by atoms with Gasteiger partial charge < -0.3 is 14.8 Å². The SMILES string of the molecule is CCOc1ccc(C(=O)Nc2cc(C(F)(F)F)ccc2Cl)cc1COc1ccc(C)c(C)c1. The van der Waals surface area contributed by atoms with Crippen molar-refractivity contribution in [3.63, 3.8) is 0 Å². The third-order valence-corrected chi connectivity index (χ3v) is 5.37. The van der Waals surface area contributed by atoms with Crippen LogP contribution in [0.25, 0.3) is 0 Å². The van der Waals surface area contributed by atoms with Gasteiger partial charge in [-0.2, -0.15) is 13.2 Å². The molecule has 3 rings (SSSR count). The number of aryl methyl sites for hydroxylation is 2. The molecule has 8 heteroatoms. The second kappa shape index (κ2) is 10.2. The lowest BCUT2D eigenvalue weighted by Crippen LogP contribution is -2.14. The van der Waals surface area contributed by atoms with Gasteiger partial charge in [-0.05, 0) is 80.4 Å². The molecule has 0 fully saturated rings. The summed E-state index contributed by atoms with van der Waals surface area (Å²) < 4.78 is 50.6. The van der Waals surface area contributed by atoms with E-state index in [1.165, 1.54) is 6.07 Å². The molecule has 0 bridgehead atoms. The van der Waals surface area contributed by atoms with Crippen LogP contribution < -0.4 is 14.8 Å². The van der Waals surface area contributed by atoms with E-state index in [-0.39, 0.29) is 22.9 Å². The maximum absolute atomic E-state index is 13.0. The highest BCUT2D eigenvalue weighted by atomic mass is 35.5. The van der Waals surface area contributed by atoms with E-state index in [1.807, 2.05) is 39.0 Å². The van der Waals surface area contributed by atoms with Crippen LogP contribution in [0.15, 0.2) is 54.6 Å². The number of anilines is 1. The Morgan fingerprint density at radius 1 is 0.970 bits per heavy atom. The molecular formula is C25H23ClF3NO3. The van der Waals surface area contributed by atoms with Crippen LogP contribution in [0.3, 0.4) is 0 Å². The summed E-state index contributed by atoms with van der Waals surface area (Å²) in [6, 6.07) is 13.2. The Kier molecular flexibility index (Phi) is 7.53. The highest BCUT2D eigenvalue weighted by molar-refractivity contribution is 6.34. The fraction of sp³-hybridized carbons (Fsp3) is 0.240. The largest absolute Gasteiger partial charge is 0.493 e. The van der Waals surface area contributed by atoms with Crippen molar-refractivity contribution in [1.82, 2.24) is 0 Å². The van der Waals surface area contributed by atoms with E-state index in [9.17, 15) is 18.0 Å². The van der Waals surface area contributed by atoms with E-state index in [0.717, 1.165) is 29.3 Å². The normalized spacial score (nSPS) is 11.2. The Morgan fingerprint density at radius 3 is 2.39 bits per heavy atom. The quantitative estimate of drug-likeness (QED) is 0.391. The molecule has 3 aromatic carbocycles. The van der Waals surface area contributed by atoms with Gasteiger partial charge in [0.15, 0.2) is 0 Å². The minimum absolute atomic E-state index is 0.000541. The zero-order valence-corrected chi connectivity index (χ0v) is 19.1. The monoisotopic (exact) mass is 477 g/mol. The van der Waals surface area contributed by atoms with E-state index in [2.05, 4.69) is 5.32 Å². The van der Waals surface area contributed by atoms with Crippen molar-refractivity contribution in [3.05, 3.63) is 87.4 Å². The van der Waals surface area contributed by atoms with Crippen LogP contribution in [-0.4, -0.2) is 12.5 Å². The van der Waals surface area contributed by atoms with Crippen LogP contribution in [0.4, 0.5) is 18.9 Å². The second-order valence-corrected chi connectivity index (χ2v) is 7.84. The van der Waals surface area contributed by atoms with Crippen molar-refractivity contribution in [2.75, 3.05) is 11.9 Å². The number of amides is 1. The molecule has 33 heavy (non-hydrogen) atoms. The van der Waals surface area contributed by atoms with E-state index in [1.54, 1.807) is 12.1 Å². The molecule has 1 amide bonds. The first-order valence-corrected chi connectivity index (χ1v) is 10.6. The molecule has 174 valence electrons. The van der Waals surface area contributed by atoms with E-state index in [4.69, 9.17) is 21.1 Å². The van der Waals surface area contributed by atoms with Crippen LogP contribution in [0.2, 0.25) is 5.02 Å². The van der Waals surface area contributed by atoms with E-state index >= 15 is 0 Å². The highest BCUT2D eigenvalue weighted by Gasteiger charge is 2.31. The second-order valence-electron chi connectivity index (χ2n) is 7.44. The fourth-order valence-electron chi connectivity index (χ4n) is 3.09. The molecule has 0 atom stereocenters. The summed E-state index contributed by atoms with van der Waals surface area (Å²) in [6.07, 6.45) is -4.55. The molecule has 0 saturated heterocycles. The molecule has 4 nitrogen and oxygen atoms in total. The molecule has 0 spiro atoms. The third kappa shape index (κ3) is 6.20. The lowest BCUT2D eigenvalue weighted by atomic mass is 10.1. The zero-order chi connectivity index (χ0) is 24.2. The molecule has 0 aliphatic heterocycles. The number of benzene rings is 3. The number of hydrogen-bond acceptors (Lipinski definition) is 3. The smallest absolute Gasteiger partial charge is 0.416 e. The summed E-state index contributed by atoms with van der Waals surface area (Å²) in [4.78, 5) is 12.8. The molecule has 0 aromatic heterocycles. The predicted octanol–water partition coefficient (Wildman–Crippen LogP) is 7.21. The first-order valence-electron chi connectivity index (χ1n) is 10.2. The maximum Gasteiger partial charge on any atom is 0.416 e. The number of carbonyl (C=O) groups is 1. The van der Waals surface area contributed by atoms with Crippen molar-refractivity contribution >= 4 is 23.2 Å². The van der Waals surface area contributed by atoms with E-state index in [0.29, 0.717) is 23.7 Å². The summed E-state index contributed by atoms with van der Waals surface area (Å²) in [5.41, 5.74) is 2.05. The van der Waals surface area contributed by atoms with Gasteiger partial charge in [-0.15, -0.1) is 0 Å². The standard InChI is InChI=1S/C25H23ClF3NO3/c1-4-32-23-10-6-17(12-18(23)14-33-20-8-5-15(2)16(3)11-20)24(31)30-22-13-19(25(27,28)29)7-9-21(22)26/h5-13H,4,14H2,1-3H3,(H,30,31). The fourth-order valence-corrected chi connectivity index (χ4v) is 3.25. The average molecular weight is 478 g/mol. The van der Waals surface area contributed by atoms with Crippen LogP contribution >= 0.6 is 11.6 Å². The molecule has 0 aliphatic rings. The number of rotatable bonds is 7. The van der Waals surface area contributed by atoms with Crippen molar-refractivity contribution in [2.45, 2.75) is 33.6 Å². The summed E-state index contributed by atoms with van der Waals surface area (Å²) in [7, 11) is 0. The van der Waals surface area contributed by atoms with Gasteiger partial charge in [0.05, 0.1) is 22.9 Å². The molecular weight excluding hydrogens is 455 g/mol. The number of hydrogen-bond donors (Lipinski definition) is 1. The number of ether oxygens (including phenoxy) is 2. The van der Waals surface area contributed by atoms with Gasteiger partial charge in [-0.1, -0.05) is 17.7 Å². The average Bonchev–Trinajstić information content (AvgIpc) is 2.76. The molecule has 0 aliphatic carbocycles. The van der Waals surface area contributed by atoms with Gasteiger partial charge in [-0.25, -0.2) is 0 Å². The van der Waals surface area contributed by atoms with Gasteiger partial charge in [0.1, 0.15) is 18.1 Å². The van der Waals surface area contributed by atoms with Crippen molar-refractivity contribution in [3.8, 4) is 11.5 Å². The Hall–Kier alpha value is -3.19. The third-order valence-electron chi connectivity index (χ3n) is 5.04. The topological polar surface area (TPSA) is 47.6 Å². The highest BCUT2D eigenvalue weighted by Crippen LogP contribution is 2.34.